The second-order valence-corrected chi connectivity index (χ2v) is 3.60. The Morgan fingerprint density at radius 1 is 1.67 bits per heavy atom. The first-order valence-corrected chi connectivity index (χ1v) is 4.99. The summed E-state index contributed by atoms with van der Waals surface area (Å²) < 4.78 is 1.65. The predicted octanol–water partition coefficient (Wildman–Crippen LogP) is -1.08. The van der Waals surface area contributed by atoms with Crippen LogP contribution in [0, 0.1) is 0 Å². The van der Waals surface area contributed by atoms with Crippen molar-refractivity contribution in [3.05, 3.63) is 12.4 Å². The molecule has 1 unspecified atom stereocenters. The maximum absolute atomic E-state index is 11.7. The molecule has 1 aromatic heterocycles. The Bertz CT molecular complexity index is 342. The molecule has 2 heterocycles. The van der Waals surface area contributed by atoms with Crippen LogP contribution in [0.4, 0.5) is 5.69 Å². The van der Waals surface area contributed by atoms with Crippen LogP contribution in [0.2, 0.25) is 0 Å². The maximum Gasteiger partial charge on any atom is 0.242 e. The number of aromatic nitrogens is 2. The summed E-state index contributed by atoms with van der Waals surface area (Å²) in [7, 11) is 1.82. The van der Waals surface area contributed by atoms with Crippen molar-refractivity contribution in [1.29, 1.82) is 0 Å². The molecule has 15 heavy (non-hydrogen) atoms. The number of amides is 1. The van der Waals surface area contributed by atoms with E-state index in [1.54, 1.807) is 17.1 Å². The van der Waals surface area contributed by atoms with Gasteiger partial charge in [-0.15, -0.1) is 0 Å². The zero-order valence-electron chi connectivity index (χ0n) is 8.66. The first-order chi connectivity index (χ1) is 7.25. The number of aryl methyl sites for hydroxylation is 1. The van der Waals surface area contributed by atoms with E-state index in [2.05, 4.69) is 21.0 Å². The number of anilines is 1. The van der Waals surface area contributed by atoms with Gasteiger partial charge in [0.25, 0.3) is 0 Å². The van der Waals surface area contributed by atoms with Gasteiger partial charge in [-0.1, -0.05) is 0 Å². The molecule has 1 aromatic rings. The van der Waals surface area contributed by atoms with E-state index in [4.69, 9.17) is 0 Å². The number of piperazine rings is 1. The highest BCUT2D eigenvalue weighted by Gasteiger charge is 2.20. The van der Waals surface area contributed by atoms with Crippen molar-refractivity contribution in [2.24, 2.45) is 7.05 Å². The Hall–Kier alpha value is -1.40. The number of rotatable bonds is 2. The Labute approximate surface area is 88.0 Å². The molecule has 3 N–H and O–H groups in total. The fourth-order valence-electron chi connectivity index (χ4n) is 1.55. The summed E-state index contributed by atoms with van der Waals surface area (Å²) in [5.74, 6) is -0.0183. The fourth-order valence-corrected chi connectivity index (χ4v) is 1.55. The average molecular weight is 209 g/mol. The first kappa shape index (κ1) is 10.1. The minimum absolute atomic E-state index is 0.0183. The molecule has 0 radical (unpaired) electrons. The predicted molar refractivity (Wildman–Crippen MR) is 56.5 cm³/mol. The Balaban J connectivity index is 1.91. The van der Waals surface area contributed by atoms with Gasteiger partial charge in [-0.05, 0) is 0 Å². The van der Waals surface area contributed by atoms with Crippen LogP contribution in [-0.4, -0.2) is 41.4 Å². The fraction of sp³-hybridized carbons (Fsp3) is 0.556. The summed E-state index contributed by atoms with van der Waals surface area (Å²) in [6.07, 6.45) is 3.41. The molecule has 1 aliphatic rings. The van der Waals surface area contributed by atoms with E-state index in [1.165, 1.54) is 0 Å². The van der Waals surface area contributed by atoms with Crippen molar-refractivity contribution in [1.82, 2.24) is 20.4 Å². The van der Waals surface area contributed by atoms with Gasteiger partial charge in [-0.25, -0.2) is 0 Å². The molecule has 0 aliphatic carbocycles. The highest BCUT2D eigenvalue weighted by Crippen LogP contribution is 2.04. The molecule has 1 fully saturated rings. The number of hydrogen-bond acceptors (Lipinski definition) is 4. The summed E-state index contributed by atoms with van der Waals surface area (Å²) in [5.41, 5.74) is 0.731. The van der Waals surface area contributed by atoms with E-state index in [9.17, 15) is 4.79 Å². The van der Waals surface area contributed by atoms with E-state index in [0.717, 1.165) is 18.8 Å². The largest absolute Gasteiger partial charge is 0.322 e. The van der Waals surface area contributed by atoms with Crippen molar-refractivity contribution in [3.8, 4) is 0 Å². The van der Waals surface area contributed by atoms with Crippen LogP contribution in [-0.2, 0) is 11.8 Å². The third kappa shape index (κ3) is 2.54. The van der Waals surface area contributed by atoms with Crippen LogP contribution >= 0.6 is 0 Å². The third-order valence-electron chi connectivity index (χ3n) is 2.33. The van der Waals surface area contributed by atoms with E-state index < -0.39 is 0 Å². The maximum atomic E-state index is 11.7. The lowest BCUT2D eigenvalue weighted by molar-refractivity contribution is -0.118. The van der Waals surface area contributed by atoms with Crippen molar-refractivity contribution in [2.75, 3.05) is 25.0 Å². The lowest BCUT2D eigenvalue weighted by Gasteiger charge is -2.23. The molecule has 1 atom stereocenters. The van der Waals surface area contributed by atoms with Crippen molar-refractivity contribution in [3.63, 3.8) is 0 Å². The number of hydrogen-bond donors (Lipinski definition) is 3. The monoisotopic (exact) mass is 209 g/mol. The lowest BCUT2D eigenvalue weighted by atomic mass is 10.2. The summed E-state index contributed by atoms with van der Waals surface area (Å²) in [6, 6.07) is -0.154. The summed E-state index contributed by atoms with van der Waals surface area (Å²) >= 11 is 0. The zero-order valence-corrected chi connectivity index (χ0v) is 8.66. The number of carbonyl (C=O) groups is 1. The molecule has 1 saturated heterocycles. The van der Waals surface area contributed by atoms with Crippen LogP contribution in [0.1, 0.15) is 0 Å². The number of nitrogens with zero attached hydrogens (tertiary/aromatic N) is 2. The molecule has 0 spiro atoms. The van der Waals surface area contributed by atoms with E-state index >= 15 is 0 Å². The quantitative estimate of drug-likeness (QED) is 0.579. The third-order valence-corrected chi connectivity index (χ3v) is 2.33. The molecule has 1 aliphatic heterocycles. The summed E-state index contributed by atoms with van der Waals surface area (Å²) in [5, 5.41) is 13.1. The molecule has 0 bridgehead atoms. The van der Waals surface area contributed by atoms with Gasteiger partial charge in [0.2, 0.25) is 5.91 Å². The smallest absolute Gasteiger partial charge is 0.242 e. The molecular weight excluding hydrogens is 194 g/mol. The van der Waals surface area contributed by atoms with Gasteiger partial charge >= 0.3 is 0 Å². The zero-order chi connectivity index (χ0) is 10.7. The van der Waals surface area contributed by atoms with E-state index in [1.807, 2.05) is 7.05 Å². The molecular formula is C9H15N5O. The van der Waals surface area contributed by atoms with Crippen molar-refractivity contribution in [2.45, 2.75) is 6.04 Å². The number of nitrogens with one attached hydrogen (secondary N) is 3. The minimum Gasteiger partial charge on any atom is -0.322 e. The van der Waals surface area contributed by atoms with E-state index in [-0.39, 0.29) is 11.9 Å². The van der Waals surface area contributed by atoms with Gasteiger partial charge in [-0.2, -0.15) is 5.10 Å². The summed E-state index contributed by atoms with van der Waals surface area (Å²) in [4.78, 5) is 11.7. The minimum atomic E-state index is -0.154. The normalized spacial score (nSPS) is 21.3. The summed E-state index contributed by atoms with van der Waals surface area (Å²) in [6.45, 7) is 2.41. The highest BCUT2D eigenvalue weighted by atomic mass is 16.2. The second-order valence-electron chi connectivity index (χ2n) is 3.60. The molecule has 0 aromatic carbocycles. The van der Waals surface area contributed by atoms with Crippen molar-refractivity contribution >= 4 is 11.6 Å². The second kappa shape index (κ2) is 4.41. The first-order valence-electron chi connectivity index (χ1n) is 4.99. The van der Waals surface area contributed by atoms with Gasteiger partial charge in [0.05, 0.1) is 17.9 Å². The van der Waals surface area contributed by atoms with Crippen LogP contribution in [0.15, 0.2) is 12.4 Å². The standard InChI is InChI=1S/C9H15N5O/c1-14-6-7(4-12-14)13-9(15)8-5-10-2-3-11-8/h4,6,8,10-11H,2-3,5H2,1H3,(H,13,15). The van der Waals surface area contributed by atoms with Crippen LogP contribution in [0.5, 0.6) is 0 Å². The molecule has 2 rings (SSSR count). The molecule has 6 heteroatoms. The Morgan fingerprint density at radius 2 is 2.53 bits per heavy atom. The van der Waals surface area contributed by atoms with Gasteiger partial charge < -0.3 is 16.0 Å². The van der Waals surface area contributed by atoms with Crippen LogP contribution < -0.4 is 16.0 Å². The van der Waals surface area contributed by atoms with Gasteiger partial charge in [0.1, 0.15) is 0 Å². The molecule has 82 valence electrons. The average Bonchev–Trinajstić information content (AvgIpc) is 2.65. The lowest BCUT2D eigenvalue weighted by Crippen LogP contribution is -2.54. The Kier molecular flexibility index (Phi) is 2.98. The number of carbonyl (C=O) groups excluding carboxylic acids is 1. The van der Waals surface area contributed by atoms with Gasteiger partial charge in [0, 0.05) is 32.9 Å². The topological polar surface area (TPSA) is 71.0 Å². The highest BCUT2D eigenvalue weighted by molar-refractivity contribution is 5.94. The molecule has 0 saturated carbocycles. The van der Waals surface area contributed by atoms with E-state index in [0.29, 0.717) is 6.54 Å². The molecule has 6 nitrogen and oxygen atoms in total. The SMILES string of the molecule is Cn1cc(NC(=O)C2CNCCN2)cn1. The Morgan fingerprint density at radius 3 is 3.13 bits per heavy atom. The van der Waals surface area contributed by atoms with Crippen LogP contribution in [0.3, 0.4) is 0 Å². The van der Waals surface area contributed by atoms with Gasteiger partial charge in [-0.3, -0.25) is 9.48 Å². The molecule has 1 amide bonds. The van der Waals surface area contributed by atoms with Crippen molar-refractivity contribution < 1.29 is 4.79 Å². The van der Waals surface area contributed by atoms with Crippen LogP contribution in [0.25, 0.3) is 0 Å². The van der Waals surface area contributed by atoms with Gasteiger partial charge in [0.15, 0.2) is 0 Å².